The Bertz CT molecular complexity index is 1030. The standard InChI is InChI=1S/C25H36N3O6P.2H2/c1-17(2)33-24-11-10-23-22-9-7-19(13-15-31-16-32-35(5,30)34-28-27-26)20(8-6-18(3)29)21(22)12-14-25(23,24)4;;/h6,8,13,15,21-24H,1,7,9-12,14,16H2,2-5H3;2*1H/b8-6+,15-13+;;/t21?,22-,23?,24+,25+,35?;;/m1../s1. The predicted octanol–water partition coefficient (Wildman–Crippen LogP) is 7.64. The van der Waals surface area contributed by atoms with E-state index in [4.69, 9.17) is 19.5 Å². The van der Waals surface area contributed by atoms with E-state index in [2.05, 4.69) is 28.3 Å². The molecule has 3 aliphatic carbocycles. The van der Waals surface area contributed by atoms with Gasteiger partial charge in [-0.05, 0) is 99.0 Å². The number of carbonyl (C=O) groups excluding carboxylic acids is 1. The van der Waals surface area contributed by atoms with Crippen LogP contribution in [0.15, 0.2) is 53.3 Å². The van der Waals surface area contributed by atoms with E-state index in [0.717, 1.165) is 49.9 Å². The van der Waals surface area contributed by atoms with Crippen LogP contribution in [-0.4, -0.2) is 25.3 Å². The van der Waals surface area contributed by atoms with Crippen molar-refractivity contribution < 1.29 is 30.8 Å². The number of hydrogen-bond acceptors (Lipinski definition) is 7. The molecular formula is C25H40N3O6P. The number of hydrogen-bond donors (Lipinski definition) is 0. The van der Waals surface area contributed by atoms with Crippen LogP contribution in [0.4, 0.5) is 0 Å². The summed E-state index contributed by atoms with van der Waals surface area (Å²) in [5, 5.41) is 2.81. The first-order valence-electron chi connectivity index (χ1n) is 12.0. The molecule has 0 aromatic carbocycles. The molecule has 0 saturated heterocycles. The molecule has 3 aliphatic rings. The van der Waals surface area contributed by atoms with Gasteiger partial charge in [0.1, 0.15) is 11.4 Å². The molecule has 0 aromatic rings. The lowest BCUT2D eigenvalue weighted by Gasteiger charge is -2.50. The number of nitrogens with zero attached hydrogens (tertiary/aromatic N) is 3. The first-order chi connectivity index (χ1) is 16.6. The van der Waals surface area contributed by atoms with Crippen molar-refractivity contribution in [1.29, 1.82) is 0 Å². The molecule has 0 bridgehead atoms. The van der Waals surface area contributed by atoms with E-state index in [0.29, 0.717) is 17.8 Å². The van der Waals surface area contributed by atoms with Gasteiger partial charge in [0, 0.05) is 13.2 Å². The maximum atomic E-state index is 11.9. The van der Waals surface area contributed by atoms with Gasteiger partial charge in [-0.1, -0.05) is 19.6 Å². The van der Waals surface area contributed by atoms with E-state index >= 15 is 0 Å². The number of carbonyl (C=O) groups is 1. The highest BCUT2D eigenvalue weighted by Crippen LogP contribution is 2.61. The van der Waals surface area contributed by atoms with Crippen LogP contribution in [0.25, 0.3) is 10.4 Å². The molecule has 196 valence electrons. The Morgan fingerprint density at radius 1 is 1.31 bits per heavy atom. The molecule has 0 amide bonds. The van der Waals surface area contributed by atoms with Crippen LogP contribution < -0.4 is 0 Å². The van der Waals surface area contributed by atoms with Crippen molar-refractivity contribution in [2.24, 2.45) is 28.4 Å². The summed E-state index contributed by atoms with van der Waals surface area (Å²) >= 11 is 0. The third kappa shape index (κ3) is 6.60. The van der Waals surface area contributed by atoms with Gasteiger partial charge in [-0.2, -0.15) is 0 Å². The van der Waals surface area contributed by atoms with Crippen molar-refractivity contribution in [2.75, 3.05) is 13.5 Å². The molecule has 0 aromatic heterocycles. The lowest BCUT2D eigenvalue weighted by atomic mass is 9.55. The summed E-state index contributed by atoms with van der Waals surface area (Å²) in [6.07, 6.45) is 13.5. The number of azide groups is 1. The summed E-state index contributed by atoms with van der Waals surface area (Å²) in [5.74, 6) is 2.31. The van der Waals surface area contributed by atoms with E-state index in [1.54, 1.807) is 13.0 Å². The summed E-state index contributed by atoms with van der Waals surface area (Å²) in [4.78, 5) is 14.1. The van der Waals surface area contributed by atoms with Gasteiger partial charge in [0.05, 0.1) is 18.7 Å². The topological polar surface area (TPSA) is 120 Å². The van der Waals surface area contributed by atoms with Gasteiger partial charge in [-0.25, -0.2) is 4.57 Å². The monoisotopic (exact) mass is 509 g/mol. The fourth-order valence-electron chi connectivity index (χ4n) is 6.19. The Labute approximate surface area is 210 Å². The molecule has 3 rings (SSSR count). The fourth-order valence-corrected chi connectivity index (χ4v) is 6.65. The smallest absolute Gasteiger partial charge is 0.385 e. The summed E-state index contributed by atoms with van der Waals surface area (Å²) in [6, 6.07) is 0. The van der Waals surface area contributed by atoms with Crippen molar-refractivity contribution >= 4 is 13.4 Å². The highest BCUT2D eigenvalue weighted by Gasteiger charge is 2.55. The van der Waals surface area contributed by atoms with E-state index in [9.17, 15) is 9.36 Å². The zero-order chi connectivity index (χ0) is 25.6. The van der Waals surface area contributed by atoms with Gasteiger partial charge in [-0.15, -0.1) is 0 Å². The molecule has 3 unspecified atom stereocenters. The minimum absolute atomic E-state index is 0. The lowest BCUT2D eigenvalue weighted by molar-refractivity contribution is -0.112. The Morgan fingerprint density at radius 2 is 2.09 bits per heavy atom. The summed E-state index contributed by atoms with van der Waals surface area (Å²) in [7, 11) is -3.52. The van der Waals surface area contributed by atoms with Gasteiger partial charge in [0.2, 0.25) is 0 Å². The predicted molar refractivity (Wildman–Crippen MR) is 137 cm³/mol. The Kier molecular flexibility index (Phi) is 8.92. The molecule has 0 spiro atoms. The molecule has 2 saturated carbocycles. The maximum absolute atomic E-state index is 11.9. The molecule has 2 fully saturated rings. The van der Waals surface area contributed by atoms with E-state index in [-0.39, 0.29) is 26.9 Å². The van der Waals surface area contributed by atoms with Crippen LogP contribution in [0.2, 0.25) is 0 Å². The highest BCUT2D eigenvalue weighted by molar-refractivity contribution is 7.52. The molecule has 10 heteroatoms. The number of rotatable bonds is 11. The minimum Gasteiger partial charge on any atom is -0.495 e. The number of fused-ring (bicyclic) bond motifs is 3. The normalized spacial score (nSPS) is 31.9. The van der Waals surface area contributed by atoms with Crippen molar-refractivity contribution in [3.63, 3.8) is 0 Å². The number of ether oxygens (including phenoxy) is 2. The third-order valence-electron chi connectivity index (χ3n) is 7.65. The third-order valence-corrected chi connectivity index (χ3v) is 8.59. The maximum Gasteiger partial charge on any atom is 0.385 e. The van der Waals surface area contributed by atoms with Crippen LogP contribution in [0, 0.1) is 23.2 Å². The second kappa shape index (κ2) is 11.5. The Morgan fingerprint density at radius 3 is 2.77 bits per heavy atom. The first kappa shape index (κ1) is 27.1. The van der Waals surface area contributed by atoms with Gasteiger partial charge < -0.3 is 14.1 Å². The van der Waals surface area contributed by atoms with E-state index < -0.39 is 7.60 Å². The quantitative estimate of drug-likeness (QED) is 0.0325. The number of allylic oxidation sites excluding steroid dienone is 6. The van der Waals surface area contributed by atoms with Gasteiger partial charge in [0.25, 0.3) is 0 Å². The molecule has 0 N–H and O–H groups in total. The zero-order valence-corrected chi connectivity index (χ0v) is 21.9. The molecule has 35 heavy (non-hydrogen) atoms. The molecular weight excluding hydrogens is 469 g/mol. The summed E-state index contributed by atoms with van der Waals surface area (Å²) < 4.78 is 32.9. The molecule has 6 atom stereocenters. The van der Waals surface area contributed by atoms with Crippen LogP contribution in [0.5, 0.6) is 0 Å². The summed E-state index contributed by atoms with van der Waals surface area (Å²) in [5.41, 5.74) is 10.7. The molecule has 9 nitrogen and oxygen atoms in total. The van der Waals surface area contributed by atoms with E-state index in [1.165, 1.54) is 18.5 Å². The average Bonchev–Trinajstić information content (AvgIpc) is 3.12. The molecule has 0 radical (unpaired) electrons. The van der Waals surface area contributed by atoms with Crippen LogP contribution >= 0.6 is 7.60 Å². The van der Waals surface area contributed by atoms with Crippen LogP contribution in [0.1, 0.15) is 62.1 Å². The zero-order valence-electron chi connectivity index (χ0n) is 21.0. The highest BCUT2D eigenvalue weighted by atomic mass is 31.2. The summed E-state index contributed by atoms with van der Waals surface area (Å²) in [6.45, 7) is 10.7. The van der Waals surface area contributed by atoms with Crippen LogP contribution in [0.3, 0.4) is 0 Å². The first-order valence-corrected chi connectivity index (χ1v) is 14.0. The van der Waals surface area contributed by atoms with E-state index in [1.807, 2.05) is 19.1 Å². The van der Waals surface area contributed by atoms with Crippen molar-refractivity contribution in [3.8, 4) is 0 Å². The fraction of sp³-hybridized carbons (Fsp3) is 0.640. The largest absolute Gasteiger partial charge is 0.495 e. The lowest BCUT2D eigenvalue weighted by Crippen LogP contribution is -2.45. The van der Waals surface area contributed by atoms with Crippen molar-refractivity contribution in [3.05, 3.63) is 58.4 Å². The second-order valence-electron chi connectivity index (χ2n) is 10.0. The minimum atomic E-state index is -3.52. The Balaban J connectivity index is 0.00000342. The van der Waals surface area contributed by atoms with Crippen LogP contribution in [-0.2, 0) is 28.0 Å². The number of ketones is 1. The average molecular weight is 510 g/mol. The van der Waals surface area contributed by atoms with Gasteiger partial charge in [-0.3, -0.25) is 9.32 Å². The van der Waals surface area contributed by atoms with Gasteiger partial charge >= 0.3 is 7.60 Å². The Hall–Kier alpha value is -2.47. The second-order valence-corrected chi connectivity index (χ2v) is 12.0. The SMILES string of the molecule is C=C(C)O[C@H]1CCC2[C@@H]3CCC(/C=C/OCOP(C)(=O)ON=[N+]=[N-])=C(/C=C/C(C)=O)C3CC[C@@]21C.[HH].[HH]. The molecule has 0 heterocycles. The van der Waals surface area contributed by atoms with Crippen molar-refractivity contribution in [1.82, 2.24) is 0 Å². The molecule has 0 aliphatic heterocycles. The van der Waals surface area contributed by atoms with Gasteiger partial charge in [0.15, 0.2) is 12.6 Å². The van der Waals surface area contributed by atoms with Crippen molar-refractivity contribution in [2.45, 2.75) is 65.4 Å².